The number of rotatable bonds is 4. The molecule has 2 fully saturated rings. The minimum absolute atomic E-state index is 0.819. The number of hydrogen-bond donors (Lipinski definition) is 1. The zero-order valence-corrected chi connectivity index (χ0v) is 10.8. The van der Waals surface area contributed by atoms with E-state index >= 15 is 0 Å². The highest BCUT2D eigenvalue weighted by Crippen LogP contribution is 2.33. The fourth-order valence-corrected chi connectivity index (χ4v) is 3.73. The van der Waals surface area contributed by atoms with Gasteiger partial charge >= 0.3 is 0 Å². The lowest BCUT2D eigenvalue weighted by molar-refractivity contribution is 0.112. The Morgan fingerprint density at radius 3 is 2.62 bits per heavy atom. The van der Waals surface area contributed by atoms with Crippen molar-refractivity contribution in [3.8, 4) is 0 Å². The van der Waals surface area contributed by atoms with E-state index in [-0.39, 0.29) is 0 Å². The van der Waals surface area contributed by atoms with Gasteiger partial charge in [0.15, 0.2) is 0 Å². The molecule has 2 N–H and O–H groups in total. The highest BCUT2D eigenvalue weighted by atomic mass is 15.2. The number of nitrogens with two attached hydrogens (primary N) is 1. The van der Waals surface area contributed by atoms with Gasteiger partial charge in [-0.3, -0.25) is 0 Å². The molecule has 0 aromatic heterocycles. The first-order chi connectivity index (χ1) is 7.85. The Labute approximate surface area is 101 Å². The molecule has 2 nitrogen and oxygen atoms in total. The molecule has 1 aliphatic heterocycles. The number of nitrogens with zero attached hydrogens (tertiary/aromatic N) is 1. The monoisotopic (exact) mass is 224 g/mol. The van der Waals surface area contributed by atoms with Gasteiger partial charge in [0.25, 0.3) is 0 Å². The molecule has 2 aliphatic rings. The quantitative estimate of drug-likeness (QED) is 0.795. The standard InChI is InChI=1S/C14H28N2/c1-2-14-8-3-4-9-16(14)11-13-7-5-6-12(13)10-15/h12-14H,2-11,15H2,1H3. The molecular weight excluding hydrogens is 196 g/mol. The summed E-state index contributed by atoms with van der Waals surface area (Å²) in [6.07, 6.45) is 9.84. The second-order valence-corrected chi connectivity index (χ2v) is 5.74. The Kier molecular flexibility index (Phi) is 4.66. The van der Waals surface area contributed by atoms with Crippen molar-refractivity contribution in [2.45, 2.75) is 57.9 Å². The van der Waals surface area contributed by atoms with Gasteiger partial charge in [0.1, 0.15) is 0 Å². The van der Waals surface area contributed by atoms with Crippen LogP contribution in [0.5, 0.6) is 0 Å². The molecule has 3 atom stereocenters. The molecule has 1 heterocycles. The van der Waals surface area contributed by atoms with Crippen molar-refractivity contribution in [1.29, 1.82) is 0 Å². The lowest BCUT2D eigenvalue weighted by atomic mass is 9.92. The average Bonchev–Trinajstić information content (AvgIpc) is 2.77. The van der Waals surface area contributed by atoms with Crippen molar-refractivity contribution in [2.75, 3.05) is 19.6 Å². The molecule has 0 amide bonds. The van der Waals surface area contributed by atoms with E-state index in [0.717, 1.165) is 24.4 Å². The second kappa shape index (κ2) is 6.02. The van der Waals surface area contributed by atoms with Crippen LogP contribution in [0, 0.1) is 11.8 Å². The molecule has 0 spiro atoms. The van der Waals surface area contributed by atoms with E-state index in [0.29, 0.717) is 0 Å². The maximum atomic E-state index is 5.88. The topological polar surface area (TPSA) is 29.3 Å². The Morgan fingerprint density at radius 2 is 1.88 bits per heavy atom. The van der Waals surface area contributed by atoms with E-state index in [1.807, 2.05) is 0 Å². The van der Waals surface area contributed by atoms with Crippen LogP contribution < -0.4 is 5.73 Å². The van der Waals surface area contributed by atoms with Crippen LogP contribution in [-0.4, -0.2) is 30.6 Å². The van der Waals surface area contributed by atoms with Crippen molar-refractivity contribution >= 4 is 0 Å². The molecule has 0 aromatic rings. The summed E-state index contributed by atoms with van der Waals surface area (Å²) in [5.74, 6) is 1.72. The third kappa shape index (κ3) is 2.78. The van der Waals surface area contributed by atoms with Gasteiger partial charge in [0, 0.05) is 12.6 Å². The summed E-state index contributed by atoms with van der Waals surface area (Å²) in [6, 6.07) is 0.868. The van der Waals surface area contributed by atoms with Crippen LogP contribution >= 0.6 is 0 Å². The fourth-order valence-electron chi connectivity index (χ4n) is 3.73. The smallest absolute Gasteiger partial charge is 0.00927 e. The van der Waals surface area contributed by atoms with Gasteiger partial charge < -0.3 is 10.6 Å². The summed E-state index contributed by atoms with van der Waals surface area (Å²) in [5.41, 5.74) is 5.88. The first-order valence-electron chi connectivity index (χ1n) is 7.29. The van der Waals surface area contributed by atoms with Crippen LogP contribution in [0.1, 0.15) is 51.9 Å². The lowest BCUT2D eigenvalue weighted by Gasteiger charge is -2.38. The lowest BCUT2D eigenvalue weighted by Crippen LogP contribution is -2.43. The maximum absolute atomic E-state index is 5.88. The number of hydrogen-bond acceptors (Lipinski definition) is 2. The highest BCUT2D eigenvalue weighted by Gasteiger charge is 2.30. The van der Waals surface area contributed by atoms with Crippen LogP contribution in [0.2, 0.25) is 0 Å². The van der Waals surface area contributed by atoms with Crippen molar-refractivity contribution < 1.29 is 0 Å². The number of piperidine rings is 1. The molecule has 0 radical (unpaired) electrons. The van der Waals surface area contributed by atoms with Crippen LogP contribution in [0.4, 0.5) is 0 Å². The van der Waals surface area contributed by atoms with Crippen molar-refractivity contribution in [3.63, 3.8) is 0 Å². The van der Waals surface area contributed by atoms with Crippen LogP contribution in [-0.2, 0) is 0 Å². The SMILES string of the molecule is CCC1CCCCN1CC1CCCC1CN. The Balaban J connectivity index is 1.86. The summed E-state index contributed by atoms with van der Waals surface area (Å²) in [7, 11) is 0. The molecule has 3 unspecified atom stereocenters. The summed E-state index contributed by atoms with van der Waals surface area (Å²) in [6.45, 7) is 5.93. The molecule has 1 saturated heterocycles. The van der Waals surface area contributed by atoms with E-state index in [4.69, 9.17) is 5.73 Å². The van der Waals surface area contributed by atoms with Crippen molar-refractivity contribution in [1.82, 2.24) is 4.90 Å². The van der Waals surface area contributed by atoms with E-state index in [1.54, 1.807) is 0 Å². The van der Waals surface area contributed by atoms with Crippen LogP contribution in [0.3, 0.4) is 0 Å². The zero-order valence-electron chi connectivity index (χ0n) is 10.8. The summed E-state index contributed by atoms with van der Waals surface area (Å²) in [5, 5.41) is 0. The van der Waals surface area contributed by atoms with E-state index in [1.165, 1.54) is 58.0 Å². The molecule has 1 saturated carbocycles. The van der Waals surface area contributed by atoms with Gasteiger partial charge in [0.05, 0.1) is 0 Å². The molecule has 0 aromatic carbocycles. The highest BCUT2D eigenvalue weighted by molar-refractivity contribution is 4.84. The Bertz CT molecular complexity index is 205. The van der Waals surface area contributed by atoms with Gasteiger partial charge in [-0.2, -0.15) is 0 Å². The molecule has 0 bridgehead atoms. The molecule has 1 aliphatic carbocycles. The molecule has 94 valence electrons. The largest absolute Gasteiger partial charge is 0.330 e. The summed E-state index contributed by atoms with van der Waals surface area (Å²) < 4.78 is 0. The van der Waals surface area contributed by atoms with Crippen LogP contribution in [0.25, 0.3) is 0 Å². The Hall–Kier alpha value is -0.0800. The maximum Gasteiger partial charge on any atom is 0.00927 e. The third-order valence-electron chi connectivity index (χ3n) is 4.81. The first-order valence-corrected chi connectivity index (χ1v) is 7.29. The predicted octanol–water partition coefficient (Wildman–Crippen LogP) is 2.63. The number of likely N-dealkylation sites (tertiary alicyclic amines) is 1. The van der Waals surface area contributed by atoms with Crippen molar-refractivity contribution in [2.24, 2.45) is 17.6 Å². The zero-order chi connectivity index (χ0) is 11.4. The molecule has 2 rings (SSSR count). The summed E-state index contributed by atoms with van der Waals surface area (Å²) >= 11 is 0. The van der Waals surface area contributed by atoms with Crippen LogP contribution in [0.15, 0.2) is 0 Å². The minimum Gasteiger partial charge on any atom is -0.330 e. The Morgan fingerprint density at radius 1 is 1.06 bits per heavy atom. The second-order valence-electron chi connectivity index (χ2n) is 5.74. The van der Waals surface area contributed by atoms with Gasteiger partial charge in [0.2, 0.25) is 0 Å². The van der Waals surface area contributed by atoms with Gasteiger partial charge in [-0.15, -0.1) is 0 Å². The molecule has 16 heavy (non-hydrogen) atoms. The minimum atomic E-state index is 0.819. The molecule has 2 heteroatoms. The third-order valence-corrected chi connectivity index (χ3v) is 4.81. The fraction of sp³-hybridized carbons (Fsp3) is 1.00. The average molecular weight is 224 g/mol. The van der Waals surface area contributed by atoms with E-state index in [9.17, 15) is 0 Å². The normalized spacial score (nSPS) is 36.8. The first kappa shape index (κ1) is 12.4. The van der Waals surface area contributed by atoms with Gasteiger partial charge in [-0.05, 0) is 57.0 Å². The van der Waals surface area contributed by atoms with Gasteiger partial charge in [-0.25, -0.2) is 0 Å². The van der Waals surface area contributed by atoms with E-state index < -0.39 is 0 Å². The summed E-state index contributed by atoms with van der Waals surface area (Å²) in [4.78, 5) is 2.77. The van der Waals surface area contributed by atoms with Crippen molar-refractivity contribution in [3.05, 3.63) is 0 Å². The molecular formula is C14H28N2. The van der Waals surface area contributed by atoms with Gasteiger partial charge in [-0.1, -0.05) is 19.8 Å². The predicted molar refractivity (Wildman–Crippen MR) is 69.4 cm³/mol. The van der Waals surface area contributed by atoms with E-state index in [2.05, 4.69) is 11.8 Å².